The van der Waals surface area contributed by atoms with E-state index >= 15 is 0 Å². The van der Waals surface area contributed by atoms with Crippen molar-refractivity contribution in [3.63, 3.8) is 0 Å². The van der Waals surface area contributed by atoms with Crippen LogP contribution in [-0.2, 0) is 17.8 Å². The predicted molar refractivity (Wildman–Crippen MR) is 113 cm³/mol. The van der Waals surface area contributed by atoms with Gasteiger partial charge in [-0.25, -0.2) is 19.9 Å². The van der Waals surface area contributed by atoms with Crippen molar-refractivity contribution in [3.05, 3.63) is 52.8 Å². The predicted octanol–water partition coefficient (Wildman–Crippen LogP) is 3.23. The molecule has 1 aliphatic heterocycles. The van der Waals surface area contributed by atoms with Crippen LogP contribution < -0.4 is 10.2 Å². The lowest BCUT2D eigenvalue weighted by molar-refractivity contribution is -0.117. The van der Waals surface area contributed by atoms with Crippen LogP contribution in [0.1, 0.15) is 17.1 Å². The number of imidazole rings is 1. The van der Waals surface area contributed by atoms with Crippen molar-refractivity contribution in [2.24, 2.45) is 0 Å². The normalized spacial score (nSPS) is 13.1. The van der Waals surface area contributed by atoms with Crippen LogP contribution in [0.3, 0.4) is 0 Å². The number of nitrogens with one attached hydrogen (secondary N) is 1. The molecule has 0 saturated heterocycles. The Bertz CT molecular complexity index is 1210. The molecule has 3 aromatic heterocycles. The second-order valence-corrected chi connectivity index (χ2v) is 7.88. The van der Waals surface area contributed by atoms with Crippen LogP contribution in [0, 0.1) is 13.8 Å². The van der Waals surface area contributed by atoms with E-state index in [9.17, 15) is 4.79 Å². The fourth-order valence-electron chi connectivity index (χ4n) is 3.60. The van der Waals surface area contributed by atoms with E-state index in [1.165, 1.54) is 11.3 Å². The number of hydrogen-bond donors (Lipinski definition) is 1. The van der Waals surface area contributed by atoms with E-state index in [4.69, 9.17) is 0 Å². The third kappa shape index (κ3) is 3.33. The molecule has 0 unspecified atom stereocenters. The first-order valence-electron chi connectivity index (χ1n) is 9.36. The zero-order chi connectivity index (χ0) is 20.0. The highest BCUT2D eigenvalue weighted by atomic mass is 32.1. The molecule has 9 heteroatoms. The van der Waals surface area contributed by atoms with Gasteiger partial charge in [0, 0.05) is 29.9 Å². The summed E-state index contributed by atoms with van der Waals surface area (Å²) in [5, 5.41) is 5.69. The van der Waals surface area contributed by atoms with E-state index in [1.54, 1.807) is 4.90 Å². The molecule has 1 aromatic carbocycles. The fourth-order valence-corrected chi connectivity index (χ4v) is 4.30. The molecule has 29 heavy (non-hydrogen) atoms. The van der Waals surface area contributed by atoms with Gasteiger partial charge in [-0.3, -0.25) is 9.69 Å². The number of thiazole rings is 1. The molecular weight excluding hydrogens is 386 g/mol. The van der Waals surface area contributed by atoms with E-state index in [2.05, 4.69) is 29.8 Å². The van der Waals surface area contributed by atoms with Gasteiger partial charge >= 0.3 is 0 Å². The maximum absolute atomic E-state index is 12.9. The van der Waals surface area contributed by atoms with Gasteiger partial charge < -0.3 is 9.88 Å². The number of carbonyl (C=O) groups excluding carboxylic acids is 1. The summed E-state index contributed by atoms with van der Waals surface area (Å²) in [5.74, 6) is 1.23. The van der Waals surface area contributed by atoms with Gasteiger partial charge in [-0.15, -0.1) is 11.3 Å². The van der Waals surface area contributed by atoms with Crippen molar-refractivity contribution >= 4 is 45.3 Å². The Hall–Kier alpha value is -3.33. The summed E-state index contributed by atoms with van der Waals surface area (Å²) in [6, 6.07) is 9.87. The van der Waals surface area contributed by atoms with Crippen molar-refractivity contribution < 1.29 is 4.79 Å². The highest BCUT2D eigenvalue weighted by molar-refractivity contribution is 7.13. The standard InChI is InChI=1S/C20H19N7OS/c1-12-9-13(2)22-18(21-12)25-19-23-14(11-29-19)10-17(28)27-8-7-26-16-6-4-3-5-15(16)24-20(26)27/h3-6,9,11H,7-8,10H2,1-2H3,(H,21,22,23,25). The number of aromatic nitrogens is 5. The number of aryl methyl sites for hydroxylation is 2. The van der Waals surface area contributed by atoms with Gasteiger partial charge in [0.1, 0.15) is 0 Å². The maximum atomic E-state index is 12.9. The molecule has 0 bridgehead atoms. The Kier molecular flexibility index (Phi) is 4.24. The van der Waals surface area contributed by atoms with Crippen molar-refractivity contribution in [2.75, 3.05) is 16.8 Å². The topological polar surface area (TPSA) is 88.8 Å². The number of fused-ring (bicyclic) bond motifs is 3. The average molecular weight is 405 g/mol. The molecule has 146 valence electrons. The van der Waals surface area contributed by atoms with Crippen molar-refractivity contribution in [2.45, 2.75) is 26.8 Å². The van der Waals surface area contributed by atoms with Crippen LogP contribution in [0.15, 0.2) is 35.7 Å². The molecule has 4 heterocycles. The zero-order valence-electron chi connectivity index (χ0n) is 16.1. The lowest BCUT2D eigenvalue weighted by Gasteiger charge is -2.12. The van der Waals surface area contributed by atoms with Crippen LogP contribution in [0.5, 0.6) is 0 Å². The van der Waals surface area contributed by atoms with E-state index in [-0.39, 0.29) is 12.3 Å². The van der Waals surface area contributed by atoms with Gasteiger partial charge in [0.05, 0.1) is 23.1 Å². The maximum Gasteiger partial charge on any atom is 0.235 e. The van der Waals surface area contributed by atoms with Crippen LogP contribution in [-0.4, -0.2) is 37.0 Å². The quantitative estimate of drug-likeness (QED) is 0.561. The lowest BCUT2D eigenvalue weighted by Crippen LogP contribution is -2.31. The molecule has 0 saturated carbocycles. The molecule has 0 aliphatic carbocycles. The summed E-state index contributed by atoms with van der Waals surface area (Å²) in [7, 11) is 0. The van der Waals surface area contributed by atoms with Gasteiger partial charge in [0.2, 0.25) is 17.8 Å². The zero-order valence-corrected chi connectivity index (χ0v) is 16.9. The van der Waals surface area contributed by atoms with Gasteiger partial charge in [0.15, 0.2) is 5.13 Å². The highest BCUT2D eigenvalue weighted by Gasteiger charge is 2.28. The number of nitrogens with zero attached hydrogens (tertiary/aromatic N) is 6. The number of carbonyl (C=O) groups is 1. The number of para-hydroxylation sites is 2. The summed E-state index contributed by atoms with van der Waals surface area (Å²) in [5.41, 5.74) is 4.48. The number of amides is 1. The summed E-state index contributed by atoms with van der Waals surface area (Å²) in [6.07, 6.45) is 0.231. The number of hydrogen-bond acceptors (Lipinski definition) is 7. The first-order valence-corrected chi connectivity index (χ1v) is 10.2. The molecule has 0 radical (unpaired) electrons. The smallest absolute Gasteiger partial charge is 0.235 e. The Morgan fingerprint density at radius 1 is 1.10 bits per heavy atom. The molecule has 0 atom stereocenters. The monoisotopic (exact) mass is 405 g/mol. The second kappa shape index (κ2) is 6.93. The third-order valence-electron chi connectivity index (χ3n) is 4.81. The first kappa shape index (κ1) is 17.7. The summed E-state index contributed by atoms with van der Waals surface area (Å²) in [6.45, 7) is 5.25. The SMILES string of the molecule is Cc1cc(C)nc(Nc2nc(CC(=O)N3CCn4c3nc3ccccc34)cs2)n1. The lowest BCUT2D eigenvalue weighted by atomic mass is 10.3. The number of anilines is 3. The molecular formula is C20H19N7OS. The van der Waals surface area contributed by atoms with E-state index in [1.807, 2.05) is 49.6 Å². The Morgan fingerprint density at radius 2 is 1.90 bits per heavy atom. The molecule has 8 nitrogen and oxygen atoms in total. The molecule has 1 aliphatic rings. The average Bonchev–Trinajstić information content (AvgIpc) is 3.36. The number of rotatable bonds is 4. The summed E-state index contributed by atoms with van der Waals surface area (Å²) < 4.78 is 2.10. The van der Waals surface area contributed by atoms with Gasteiger partial charge in [-0.05, 0) is 32.0 Å². The first-order chi connectivity index (χ1) is 14.1. The minimum atomic E-state index is -0.00134. The van der Waals surface area contributed by atoms with Gasteiger partial charge in [0.25, 0.3) is 0 Å². The summed E-state index contributed by atoms with van der Waals surface area (Å²) >= 11 is 1.44. The number of benzene rings is 1. The van der Waals surface area contributed by atoms with Crippen LogP contribution >= 0.6 is 11.3 Å². The van der Waals surface area contributed by atoms with Crippen LogP contribution in [0.4, 0.5) is 17.0 Å². The van der Waals surface area contributed by atoms with E-state index in [0.717, 1.165) is 34.7 Å². The van der Waals surface area contributed by atoms with Crippen molar-refractivity contribution in [1.29, 1.82) is 0 Å². The van der Waals surface area contributed by atoms with E-state index in [0.29, 0.717) is 23.6 Å². The van der Waals surface area contributed by atoms with Crippen molar-refractivity contribution in [3.8, 4) is 0 Å². The molecule has 4 aromatic rings. The van der Waals surface area contributed by atoms with Gasteiger partial charge in [-0.1, -0.05) is 12.1 Å². The van der Waals surface area contributed by atoms with Crippen LogP contribution in [0.2, 0.25) is 0 Å². The Labute approximate surface area is 171 Å². The third-order valence-corrected chi connectivity index (χ3v) is 5.62. The molecule has 5 rings (SSSR count). The molecule has 1 amide bonds. The van der Waals surface area contributed by atoms with Crippen LogP contribution in [0.25, 0.3) is 11.0 Å². The minimum absolute atomic E-state index is 0.00134. The Balaban J connectivity index is 1.31. The second-order valence-electron chi connectivity index (χ2n) is 7.02. The van der Waals surface area contributed by atoms with E-state index < -0.39 is 0 Å². The fraction of sp³-hybridized carbons (Fsp3) is 0.250. The highest BCUT2D eigenvalue weighted by Crippen LogP contribution is 2.28. The minimum Gasteiger partial charge on any atom is -0.308 e. The molecule has 1 N–H and O–H groups in total. The largest absolute Gasteiger partial charge is 0.308 e. The van der Waals surface area contributed by atoms with Crippen molar-refractivity contribution in [1.82, 2.24) is 24.5 Å². The Morgan fingerprint density at radius 3 is 2.72 bits per heavy atom. The summed E-state index contributed by atoms with van der Waals surface area (Å²) in [4.78, 5) is 32.5. The molecule has 0 spiro atoms. The molecule has 0 fully saturated rings. The van der Waals surface area contributed by atoms with Gasteiger partial charge in [-0.2, -0.15) is 0 Å².